The van der Waals surface area contributed by atoms with Crippen molar-refractivity contribution in [2.24, 2.45) is 5.92 Å². The van der Waals surface area contributed by atoms with Crippen molar-refractivity contribution in [3.63, 3.8) is 0 Å². The molecule has 0 aliphatic carbocycles. The van der Waals surface area contributed by atoms with E-state index in [9.17, 15) is 0 Å². The largest absolute Gasteiger partial charge is 0.397 e. The Morgan fingerprint density at radius 1 is 1.54 bits per heavy atom. The normalized spacial score (nSPS) is 10.8. The summed E-state index contributed by atoms with van der Waals surface area (Å²) in [4.78, 5) is 4.28. The lowest BCUT2D eigenvalue weighted by atomic mass is 10.1. The van der Waals surface area contributed by atoms with Crippen LogP contribution in [0.5, 0.6) is 0 Å². The molecule has 1 heterocycles. The van der Waals surface area contributed by atoms with E-state index in [2.05, 4.69) is 34.8 Å². The first-order valence-corrected chi connectivity index (χ1v) is 5.28. The number of rotatable bonds is 3. The van der Waals surface area contributed by atoms with Crippen LogP contribution in [0.3, 0.4) is 0 Å². The van der Waals surface area contributed by atoms with Crippen LogP contribution in [0.4, 0.5) is 5.69 Å². The predicted octanol–water partition coefficient (Wildman–Crippen LogP) is 3.01. The maximum Gasteiger partial charge on any atom is 0.0547 e. The van der Waals surface area contributed by atoms with Gasteiger partial charge in [-0.1, -0.05) is 13.8 Å². The van der Waals surface area contributed by atoms with Gasteiger partial charge in [0.25, 0.3) is 0 Å². The predicted molar refractivity (Wildman–Crippen MR) is 59.5 cm³/mol. The Morgan fingerprint density at radius 3 is 2.77 bits per heavy atom. The fraction of sp³-hybridized carbons (Fsp3) is 0.500. The lowest BCUT2D eigenvalue weighted by Crippen LogP contribution is -1.97. The molecule has 2 N–H and O–H groups in total. The van der Waals surface area contributed by atoms with E-state index in [1.807, 2.05) is 6.07 Å². The van der Waals surface area contributed by atoms with E-state index in [1.165, 1.54) is 0 Å². The second kappa shape index (κ2) is 4.61. The molecule has 0 amide bonds. The summed E-state index contributed by atoms with van der Waals surface area (Å²) in [5, 5.41) is 0. The maximum atomic E-state index is 5.59. The van der Waals surface area contributed by atoms with Gasteiger partial charge in [-0.25, -0.2) is 0 Å². The van der Waals surface area contributed by atoms with Gasteiger partial charge in [-0.15, -0.1) is 0 Å². The zero-order valence-corrected chi connectivity index (χ0v) is 9.63. The van der Waals surface area contributed by atoms with Gasteiger partial charge in [0.15, 0.2) is 0 Å². The molecule has 0 bridgehead atoms. The minimum absolute atomic E-state index is 0.708. The SMILES string of the molecule is CC(C)CCc1ncc(N)cc1Br. The summed E-state index contributed by atoms with van der Waals surface area (Å²) in [5.41, 5.74) is 7.40. The summed E-state index contributed by atoms with van der Waals surface area (Å²) in [6.07, 6.45) is 3.88. The molecule has 2 nitrogen and oxygen atoms in total. The second-order valence-electron chi connectivity index (χ2n) is 3.63. The van der Waals surface area contributed by atoms with E-state index >= 15 is 0 Å². The Labute approximate surface area is 87.7 Å². The molecule has 1 aromatic rings. The number of nitrogens with zero attached hydrogens (tertiary/aromatic N) is 1. The third-order valence-corrected chi connectivity index (χ3v) is 2.58. The molecule has 0 aliphatic rings. The number of aromatic nitrogens is 1. The fourth-order valence-corrected chi connectivity index (χ4v) is 1.66. The van der Waals surface area contributed by atoms with Crippen LogP contribution in [0.1, 0.15) is 26.0 Å². The van der Waals surface area contributed by atoms with E-state index in [1.54, 1.807) is 6.20 Å². The zero-order valence-electron chi connectivity index (χ0n) is 8.05. The highest BCUT2D eigenvalue weighted by Gasteiger charge is 2.03. The molecule has 1 aromatic heterocycles. The molecule has 0 aromatic carbocycles. The standard InChI is InChI=1S/C10H15BrN2/c1-7(2)3-4-10-9(11)5-8(12)6-13-10/h5-7H,3-4,12H2,1-2H3. The lowest BCUT2D eigenvalue weighted by molar-refractivity contribution is 0.580. The lowest BCUT2D eigenvalue weighted by Gasteiger charge is -2.06. The van der Waals surface area contributed by atoms with Crippen LogP contribution in [0.25, 0.3) is 0 Å². The molecular formula is C10H15BrN2. The molecule has 0 saturated heterocycles. The third-order valence-electron chi connectivity index (χ3n) is 1.90. The Morgan fingerprint density at radius 2 is 2.23 bits per heavy atom. The van der Waals surface area contributed by atoms with Crippen LogP contribution in [-0.4, -0.2) is 4.98 Å². The van der Waals surface area contributed by atoms with Crippen LogP contribution < -0.4 is 5.73 Å². The van der Waals surface area contributed by atoms with Crippen molar-refractivity contribution in [1.82, 2.24) is 4.98 Å². The van der Waals surface area contributed by atoms with Gasteiger partial charge in [0.05, 0.1) is 17.6 Å². The van der Waals surface area contributed by atoms with Crippen molar-refractivity contribution >= 4 is 21.6 Å². The van der Waals surface area contributed by atoms with Gasteiger partial charge >= 0.3 is 0 Å². The summed E-state index contributed by atoms with van der Waals surface area (Å²) in [6, 6.07) is 1.91. The van der Waals surface area contributed by atoms with E-state index in [0.29, 0.717) is 11.6 Å². The van der Waals surface area contributed by atoms with E-state index in [0.717, 1.165) is 23.0 Å². The minimum atomic E-state index is 0.708. The number of anilines is 1. The fourth-order valence-electron chi connectivity index (χ4n) is 1.09. The van der Waals surface area contributed by atoms with Crippen LogP contribution in [0.15, 0.2) is 16.7 Å². The number of halogens is 1. The van der Waals surface area contributed by atoms with Gasteiger partial charge in [0.1, 0.15) is 0 Å². The van der Waals surface area contributed by atoms with Crippen LogP contribution >= 0.6 is 15.9 Å². The number of pyridine rings is 1. The number of nitrogens with two attached hydrogens (primary N) is 1. The van der Waals surface area contributed by atoms with Crippen molar-refractivity contribution in [2.45, 2.75) is 26.7 Å². The first kappa shape index (κ1) is 10.5. The number of hydrogen-bond donors (Lipinski definition) is 1. The smallest absolute Gasteiger partial charge is 0.0547 e. The highest BCUT2D eigenvalue weighted by Crippen LogP contribution is 2.19. The maximum absolute atomic E-state index is 5.59. The van der Waals surface area contributed by atoms with Gasteiger partial charge in [-0.3, -0.25) is 4.98 Å². The Hall–Kier alpha value is -0.570. The molecule has 0 spiro atoms. The van der Waals surface area contributed by atoms with Gasteiger partial charge in [-0.05, 0) is 40.8 Å². The van der Waals surface area contributed by atoms with Crippen molar-refractivity contribution in [3.8, 4) is 0 Å². The van der Waals surface area contributed by atoms with Gasteiger partial charge in [0, 0.05) is 4.47 Å². The minimum Gasteiger partial charge on any atom is -0.397 e. The van der Waals surface area contributed by atoms with Crippen molar-refractivity contribution in [1.29, 1.82) is 0 Å². The average Bonchev–Trinajstić information content (AvgIpc) is 2.02. The molecule has 3 heteroatoms. The average molecular weight is 243 g/mol. The molecule has 13 heavy (non-hydrogen) atoms. The Bertz CT molecular complexity index is 284. The van der Waals surface area contributed by atoms with Crippen molar-refractivity contribution in [3.05, 3.63) is 22.4 Å². The number of hydrogen-bond acceptors (Lipinski definition) is 2. The second-order valence-corrected chi connectivity index (χ2v) is 4.48. The Balaban J connectivity index is 2.67. The molecule has 0 aliphatic heterocycles. The van der Waals surface area contributed by atoms with E-state index < -0.39 is 0 Å². The van der Waals surface area contributed by atoms with Crippen molar-refractivity contribution < 1.29 is 0 Å². The number of nitrogen functional groups attached to an aromatic ring is 1. The molecule has 0 fully saturated rings. The summed E-state index contributed by atoms with van der Waals surface area (Å²) in [6.45, 7) is 4.43. The third kappa shape index (κ3) is 3.35. The van der Waals surface area contributed by atoms with Crippen LogP contribution in [0.2, 0.25) is 0 Å². The summed E-state index contributed by atoms with van der Waals surface area (Å²) < 4.78 is 1.02. The van der Waals surface area contributed by atoms with Crippen molar-refractivity contribution in [2.75, 3.05) is 5.73 Å². The van der Waals surface area contributed by atoms with Crippen LogP contribution in [-0.2, 0) is 6.42 Å². The zero-order chi connectivity index (χ0) is 9.84. The van der Waals surface area contributed by atoms with E-state index in [-0.39, 0.29) is 0 Å². The summed E-state index contributed by atoms with van der Waals surface area (Å²) in [7, 11) is 0. The Kier molecular flexibility index (Phi) is 3.72. The van der Waals surface area contributed by atoms with Gasteiger partial charge < -0.3 is 5.73 Å². The quantitative estimate of drug-likeness (QED) is 0.886. The van der Waals surface area contributed by atoms with Crippen LogP contribution in [0, 0.1) is 5.92 Å². The molecule has 0 atom stereocenters. The summed E-state index contributed by atoms with van der Waals surface area (Å²) >= 11 is 3.45. The van der Waals surface area contributed by atoms with Gasteiger partial charge in [0.2, 0.25) is 0 Å². The molecule has 72 valence electrons. The first-order valence-electron chi connectivity index (χ1n) is 4.49. The number of aryl methyl sites for hydroxylation is 1. The molecular weight excluding hydrogens is 228 g/mol. The topological polar surface area (TPSA) is 38.9 Å². The molecule has 1 rings (SSSR count). The molecule has 0 unspecified atom stereocenters. The first-order chi connectivity index (χ1) is 6.09. The van der Waals surface area contributed by atoms with E-state index in [4.69, 9.17) is 5.73 Å². The van der Waals surface area contributed by atoms with Gasteiger partial charge in [-0.2, -0.15) is 0 Å². The highest BCUT2D eigenvalue weighted by atomic mass is 79.9. The molecule has 0 radical (unpaired) electrons. The highest BCUT2D eigenvalue weighted by molar-refractivity contribution is 9.10. The monoisotopic (exact) mass is 242 g/mol. The molecule has 0 saturated carbocycles. The summed E-state index contributed by atoms with van der Waals surface area (Å²) in [5.74, 6) is 0.714.